The van der Waals surface area contributed by atoms with E-state index in [2.05, 4.69) is 10.3 Å². The molecule has 0 fully saturated rings. The highest BCUT2D eigenvalue weighted by atomic mass is 35.5. The molecule has 0 spiro atoms. The molecule has 0 radical (unpaired) electrons. The maximum Gasteiger partial charge on any atom is 0.303 e. The normalized spacial score (nSPS) is 10.4. The number of carboxylic acid groups (broad SMARTS) is 1. The van der Waals surface area contributed by atoms with Crippen molar-refractivity contribution in [3.63, 3.8) is 0 Å². The van der Waals surface area contributed by atoms with Crippen molar-refractivity contribution in [1.82, 2.24) is 5.01 Å². The number of carbonyl (C=O) groups is 2. The largest absolute Gasteiger partial charge is 0.481 e. The van der Waals surface area contributed by atoms with Crippen LogP contribution in [0.15, 0.2) is 10.3 Å². The molecule has 0 bridgehead atoms. The second-order valence-electron chi connectivity index (χ2n) is 2.45. The number of carboxylic acids is 1. The lowest BCUT2D eigenvalue weighted by molar-refractivity contribution is -0.140. The number of aliphatic carboxylic acids is 1. The third-order valence-corrected chi connectivity index (χ3v) is 1.46. The van der Waals surface area contributed by atoms with Gasteiger partial charge in [0.2, 0.25) is 5.91 Å². The number of hydrogen-bond donors (Lipinski definition) is 1. The first-order valence-corrected chi connectivity index (χ1v) is 4.53. The van der Waals surface area contributed by atoms with Crippen LogP contribution in [0.3, 0.4) is 0 Å². The molecule has 0 aromatic rings. The molecule has 14 heavy (non-hydrogen) atoms. The van der Waals surface area contributed by atoms with E-state index in [0.717, 1.165) is 5.01 Å². The van der Waals surface area contributed by atoms with Gasteiger partial charge in [-0.2, -0.15) is 5.11 Å². The third kappa shape index (κ3) is 6.36. The first-order chi connectivity index (χ1) is 6.57. The third-order valence-electron chi connectivity index (χ3n) is 1.30. The Balaban J connectivity index is 3.81. The van der Waals surface area contributed by atoms with Gasteiger partial charge in [-0.1, -0.05) is 5.22 Å². The Morgan fingerprint density at radius 3 is 2.57 bits per heavy atom. The van der Waals surface area contributed by atoms with Crippen molar-refractivity contribution in [3.05, 3.63) is 0 Å². The number of alkyl halides is 1. The molecule has 1 N–H and O–H groups in total. The van der Waals surface area contributed by atoms with Crippen LogP contribution in [-0.4, -0.2) is 41.5 Å². The molecule has 0 heterocycles. The van der Waals surface area contributed by atoms with E-state index in [9.17, 15) is 9.59 Å². The first kappa shape index (κ1) is 12.8. The lowest BCUT2D eigenvalue weighted by atomic mass is 10.3. The zero-order valence-electron chi connectivity index (χ0n) is 7.81. The summed E-state index contributed by atoms with van der Waals surface area (Å²) in [6.07, 6.45) is -0.278. The summed E-state index contributed by atoms with van der Waals surface area (Å²) in [6.45, 7) is 0.331. The molecule has 80 valence electrons. The van der Waals surface area contributed by atoms with Crippen LogP contribution in [0.25, 0.3) is 0 Å². The number of carbonyl (C=O) groups excluding carboxylic acids is 1. The number of nitrogens with zero attached hydrogens (tertiary/aromatic N) is 3. The SMILES string of the molecule is CN(N=NCCCl)C(=O)CCC(=O)O. The molecule has 0 aliphatic rings. The van der Waals surface area contributed by atoms with Crippen molar-refractivity contribution >= 4 is 23.5 Å². The summed E-state index contributed by atoms with van der Waals surface area (Å²) < 4.78 is 0. The average molecular weight is 222 g/mol. The summed E-state index contributed by atoms with van der Waals surface area (Å²) in [7, 11) is 1.42. The lowest BCUT2D eigenvalue weighted by Crippen LogP contribution is -2.21. The fraction of sp³-hybridized carbons (Fsp3) is 0.714. The minimum atomic E-state index is -1.01. The highest BCUT2D eigenvalue weighted by Crippen LogP contribution is 1.96. The molecule has 0 saturated heterocycles. The first-order valence-electron chi connectivity index (χ1n) is 3.99. The predicted molar refractivity (Wildman–Crippen MR) is 50.1 cm³/mol. The molecule has 6 nitrogen and oxygen atoms in total. The van der Waals surface area contributed by atoms with Crippen LogP contribution < -0.4 is 0 Å². The van der Waals surface area contributed by atoms with E-state index >= 15 is 0 Å². The standard InChI is InChI=1S/C7H12ClN3O3/c1-11(10-9-5-4-8)6(12)2-3-7(13)14/h2-5H2,1H3,(H,13,14). The van der Waals surface area contributed by atoms with Crippen molar-refractivity contribution in [2.75, 3.05) is 19.5 Å². The smallest absolute Gasteiger partial charge is 0.303 e. The molecule has 0 atom stereocenters. The molecule has 0 aromatic heterocycles. The van der Waals surface area contributed by atoms with Gasteiger partial charge >= 0.3 is 5.97 Å². The Labute approximate surface area is 86.5 Å². The molecule has 0 unspecified atom stereocenters. The highest BCUT2D eigenvalue weighted by molar-refractivity contribution is 6.18. The van der Waals surface area contributed by atoms with Crippen molar-refractivity contribution in [1.29, 1.82) is 0 Å². The van der Waals surface area contributed by atoms with E-state index in [1.807, 2.05) is 0 Å². The molecular formula is C7H12ClN3O3. The van der Waals surface area contributed by atoms with Gasteiger partial charge in [0.1, 0.15) is 0 Å². The van der Waals surface area contributed by atoms with Gasteiger partial charge in [-0.05, 0) is 0 Å². The Kier molecular flexibility index (Phi) is 6.65. The van der Waals surface area contributed by atoms with E-state index < -0.39 is 5.97 Å². The van der Waals surface area contributed by atoms with Crippen molar-refractivity contribution < 1.29 is 14.7 Å². The van der Waals surface area contributed by atoms with Gasteiger partial charge in [-0.25, -0.2) is 5.01 Å². The maximum absolute atomic E-state index is 11.1. The summed E-state index contributed by atoms with van der Waals surface area (Å²) in [6, 6.07) is 0. The number of rotatable bonds is 6. The van der Waals surface area contributed by atoms with Gasteiger partial charge in [-0.3, -0.25) is 9.59 Å². The molecule has 7 heteroatoms. The topological polar surface area (TPSA) is 82.3 Å². The maximum atomic E-state index is 11.1. The number of amides is 1. The average Bonchev–Trinajstić information content (AvgIpc) is 2.14. The predicted octanol–water partition coefficient (Wildman–Crippen LogP) is 0.916. The van der Waals surface area contributed by atoms with Crippen LogP contribution in [0.1, 0.15) is 12.8 Å². The van der Waals surface area contributed by atoms with Crippen LogP contribution >= 0.6 is 11.6 Å². The van der Waals surface area contributed by atoms with Crippen molar-refractivity contribution in [2.45, 2.75) is 12.8 Å². The zero-order valence-corrected chi connectivity index (χ0v) is 8.57. The van der Waals surface area contributed by atoms with Crippen LogP contribution in [0.2, 0.25) is 0 Å². The molecular weight excluding hydrogens is 210 g/mol. The van der Waals surface area contributed by atoms with Gasteiger partial charge in [-0.15, -0.1) is 11.6 Å². The summed E-state index contributed by atoms with van der Waals surface area (Å²) in [5, 5.41) is 16.4. The molecule has 0 aliphatic heterocycles. The fourth-order valence-corrected chi connectivity index (χ4v) is 0.679. The summed E-state index contributed by atoms with van der Waals surface area (Å²) in [4.78, 5) is 21.3. The second kappa shape index (κ2) is 7.25. The van der Waals surface area contributed by atoms with Gasteiger partial charge in [0.15, 0.2) is 0 Å². The van der Waals surface area contributed by atoms with E-state index in [0.29, 0.717) is 12.4 Å². The van der Waals surface area contributed by atoms with Gasteiger partial charge in [0, 0.05) is 19.3 Å². The monoisotopic (exact) mass is 221 g/mol. The molecule has 1 amide bonds. The number of halogens is 1. The van der Waals surface area contributed by atoms with E-state index in [1.165, 1.54) is 7.05 Å². The van der Waals surface area contributed by atoms with Crippen LogP contribution in [0.4, 0.5) is 0 Å². The van der Waals surface area contributed by atoms with Crippen LogP contribution in [0.5, 0.6) is 0 Å². The van der Waals surface area contributed by atoms with E-state index in [-0.39, 0.29) is 18.7 Å². The Hall–Kier alpha value is -1.17. The molecule has 0 aliphatic carbocycles. The fourth-order valence-electron chi connectivity index (χ4n) is 0.603. The Morgan fingerprint density at radius 1 is 1.43 bits per heavy atom. The van der Waals surface area contributed by atoms with E-state index in [1.54, 1.807) is 0 Å². The Morgan fingerprint density at radius 2 is 2.07 bits per heavy atom. The van der Waals surface area contributed by atoms with Crippen LogP contribution in [0, 0.1) is 0 Å². The summed E-state index contributed by atoms with van der Waals surface area (Å²) in [5.41, 5.74) is 0. The molecule has 0 rings (SSSR count). The van der Waals surface area contributed by atoms with Crippen molar-refractivity contribution in [2.24, 2.45) is 10.3 Å². The van der Waals surface area contributed by atoms with Crippen molar-refractivity contribution in [3.8, 4) is 0 Å². The molecule has 0 aromatic carbocycles. The quantitative estimate of drug-likeness (QED) is 0.411. The minimum absolute atomic E-state index is 0.0777. The minimum Gasteiger partial charge on any atom is -0.481 e. The van der Waals surface area contributed by atoms with Crippen LogP contribution in [-0.2, 0) is 9.59 Å². The highest BCUT2D eigenvalue weighted by Gasteiger charge is 2.09. The Bertz CT molecular complexity index is 232. The number of hydrogen-bond acceptors (Lipinski definition) is 4. The van der Waals surface area contributed by atoms with Gasteiger partial charge in [0.25, 0.3) is 0 Å². The summed E-state index contributed by atoms with van der Waals surface area (Å²) >= 11 is 5.33. The van der Waals surface area contributed by atoms with Gasteiger partial charge < -0.3 is 5.11 Å². The molecule has 0 saturated carbocycles. The van der Waals surface area contributed by atoms with Gasteiger partial charge in [0.05, 0.1) is 13.0 Å². The van der Waals surface area contributed by atoms with E-state index in [4.69, 9.17) is 16.7 Å². The summed E-state index contributed by atoms with van der Waals surface area (Å²) in [5.74, 6) is -1.06. The second-order valence-corrected chi connectivity index (χ2v) is 2.83. The lowest BCUT2D eigenvalue weighted by Gasteiger charge is -2.07. The zero-order chi connectivity index (χ0) is 11.0.